The number of imidazole rings is 1. The normalized spacial score (nSPS) is 12.6. The highest BCUT2D eigenvalue weighted by molar-refractivity contribution is 6.30. The Labute approximate surface area is 125 Å². The first-order chi connectivity index (χ1) is 9.70. The van der Waals surface area contributed by atoms with E-state index in [1.54, 1.807) is 0 Å². The lowest BCUT2D eigenvalue weighted by Gasteiger charge is -2.13. The van der Waals surface area contributed by atoms with E-state index >= 15 is 0 Å². The van der Waals surface area contributed by atoms with Crippen LogP contribution in [0.15, 0.2) is 30.3 Å². The molecule has 0 bridgehead atoms. The predicted molar refractivity (Wildman–Crippen MR) is 83.9 cm³/mol. The monoisotopic (exact) mass is 291 g/mol. The fourth-order valence-electron chi connectivity index (χ4n) is 2.13. The number of nitrogens with one attached hydrogen (secondary N) is 2. The Hall–Kier alpha value is -1.32. The van der Waals surface area contributed by atoms with Crippen LogP contribution in [0.3, 0.4) is 0 Å². The zero-order valence-electron chi connectivity index (χ0n) is 12.1. The molecule has 1 aromatic carbocycles. The maximum absolute atomic E-state index is 6.17. The minimum atomic E-state index is 0.287. The lowest BCUT2D eigenvalue weighted by Crippen LogP contribution is -2.18. The third kappa shape index (κ3) is 4.09. The Morgan fingerprint density at radius 3 is 2.75 bits per heavy atom. The lowest BCUT2D eigenvalue weighted by atomic mass is 10.1. The topological polar surface area (TPSA) is 40.7 Å². The van der Waals surface area contributed by atoms with Gasteiger partial charge in [-0.2, -0.15) is 0 Å². The van der Waals surface area contributed by atoms with Crippen LogP contribution >= 0.6 is 11.6 Å². The molecule has 0 unspecified atom stereocenters. The van der Waals surface area contributed by atoms with Gasteiger partial charge in [0.25, 0.3) is 0 Å². The molecular weight excluding hydrogens is 270 g/mol. The van der Waals surface area contributed by atoms with Crippen LogP contribution in [-0.2, 0) is 13.0 Å². The summed E-state index contributed by atoms with van der Waals surface area (Å²) in [5.74, 6) is 0.987. The Morgan fingerprint density at radius 1 is 1.30 bits per heavy atom. The number of rotatable bonds is 7. The van der Waals surface area contributed by atoms with E-state index in [1.165, 1.54) is 5.56 Å². The largest absolute Gasteiger partial charge is 0.344 e. The summed E-state index contributed by atoms with van der Waals surface area (Å²) in [5, 5.41) is 4.06. The van der Waals surface area contributed by atoms with E-state index in [2.05, 4.69) is 53.4 Å². The summed E-state index contributed by atoms with van der Waals surface area (Å²) in [5.41, 5.74) is 2.25. The Kier molecular flexibility index (Phi) is 5.62. The highest BCUT2D eigenvalue weighted by Gasteiger charge is 2.10. The first-order valence-electron chi connectivity index (χ1n) is 7.22. The minimum Gasteiger partial charge on any atom is -0.344 e. The van der Waals surface area contributed by atoms with Crippen molar-refractivity contribution in [2.24, 2.45) is 0 Å². The zero-order valence-corrected chi connectivity index (χ0v) is 12.9. The van der Waals surface area contributed by atoms with Crippen molar-refractivity contribution in [2.45, 2.75) is 45.7 Å². The average Bonchev–Trinajstić information content (AvgIpc) is 2.83. The zero-order chi connectivity index (χ0) is 14.4. The maximum Gasteiger partial charge on any atom is 0.151 e. The van der Waals surface area contributed by atoms with Crippen molar-refractivity contribution in [1.82, 2.24) is 15.3 Å². The molecule has 0 saturated carbocycles. The number of nitrogens with zero attached hydrogens (tertiary/aromatic N) is 1. The third-order valence-corrected chi connectivity index (χ3v) is 3.74. The molecule has 2 rings (SSSR count). The number of halogens is 1. The lowest BCUT2D eigenvalue weighted by molar-refractivity contribution is 0.568. The average molecular weight is 292 g/mol. The van der Waals surface area contributed by atoms with Gasteiger partial charge < -0.3 is 10.3 Å². The molecule has 0 radical (unpaired) electrons. The molecule has 0 aliphatic heterocycles. The first kappa shape index (κ1) is 15.1. The van der Waals surface area contributed by atoms with Gasteiger partial charge in [0.2, 0.25) is 0 Å². The molecule has 0 aliphatic carbocycles. The molecule has 3 nitrogen and oxygen atoms in total. The molecule has 2 N–H and O–H groups in total. The van der Waals surface area contributed by atoms with Crippen LogP contribution in [-0.4, -0.2) is 9.97 Å². The van der Waals surface area contributed by atoms with Gasteiger partial charge in [0.05, 0.1) is 5.69 Å². The summed E-state index contributed by atoms with van der Waals surface area (Å²) in [6, 6.07) is 10.7. The van der Waals surface area contributed by atoms with Gasteiger partial charge in [-0.1, -0.05) is 55.3 Å². The van der Waals surface area contributed by atoms with E-state index in [0.717, 1.165) is 30.8 Å². The van der Waals surface area contributed by atoms with E-state index < -0.39 is 0 Å². The molecule has 4 heteroatoms. The van der Waals surface area contributed by atoms with E-state index in [-0.39, 0.29) is 6.04 Å². The molecule has 2 aromatic rings. The van der Waals surface area contributed by atoms with Gasteiger partial charge in [0.15, 0.2) is 5.15 Å². The van der Waals surface area contributed by atoms with E-state index in [0.29, 0.717) is 11.7 Å². The van der Waals surface area contributed by atoms with Crippen LogP contribution in [0.4, 0.5) is 0 Å². The molecule has 0 fully saturated rings. The van der Waals surface area contributed by atoms with Gasteiger partial charge >= 0.3 is 0 Å². The smallest absolute Gasteiger partial charge is 0.151 e. The van der Waals surface area contributed by atoms with Gasteiger partial charge in [-0.05, 0) is 18.9 Å². The number of unbranched alkanes of at least 4 members (excludes halogenated alkanes) is 1. The quantitative estimate of drug-likeness (QED) is 0.800. The predicted octanol–water partition coefficient (Wildman–Crippen LogP) is 4.26. The number of hydrogen-bond donors (Lipinski definition) is 2. The number of H-pyrrole nitrogens is 1. The van der Waals surface area contributed by atoms with Gasteiger partial charge in [-0.3, -0.25) is 0 Å². The summed E-state index contributed by atoms with van der Waals surface area (Å²) in [6.45, 7) is 5.03. The van der Waals surface area contributed by atoms with Crippen LogP contribution in [0.25, 0.3) is 0 Å². The van der Waals surface area contributed by atoms with Gasteiger partial charge in [-0.25, -0.2) is 4.98 Å². The van der Waals surface area contributed by atoms with E-state index in [9.17, 15) is 0 Å². The van der Waals surface area contributed by atoms with Gasteiger partial charge in [0.1, 0.15) is 5.82 Å². The summed E-state index contributed by atoms with van der Waals surface area (Å²) in [6.07, 6.45) is 3.26. The van der Waals surface area contributed by atoms with Crippen molar-refractivity contribution in [3.05, 3.63) is 52.6 Å². The first-order valence-corrected chi connectivity index (χ1v) is 7.60. The van der Waals surface area contributed by atoms with Crippen molar-refractivity contribution >= 4 is 11.6 Å². The molecule has 0 amide bonds. The summed E-state index contributed by atoms with van der Waals surface area (Å²) in [7, 11) is 0. The van der Waals surface area contributed by atoms with Crippen molar-refractivity contribution in [1.29, 1.82) is 0 Å². The second kappa shape index (κ2) is 7.46. The number of benzene rings is 1. The van der Waals surface area contributed by atoms with Crippen LogP contribution in [0.5, 0.6) is 0 Å². The van der Waals surface area contributed by atoms with Gasteiger partial charge in [-0.15, -0.1) is 0 Å². The number of aromatic nitrogens is 2. The summed E-state index contributed by atoms with van der Waals surface area (Å²) >= 11 is 6.17. The third-order valence-electron chi connectivity index (χ3n) is 3.43. The fraction of sp³-hybridized carbons (Fsp3) is 0.438. The van der Waals surface area contributed by atoms with Crippen LogP contribution < -0.4 is 5.32 Å². The second-order valence-corrected chi connectivity index (χ2v) is 5.43. The fourth-order valence-corrected chi connectivity index (χ4v) is 2.35. The molecule has 1 aromatic heterocycles. The van der Waals surface area contributed by atoms with Crippen LogP contribution in [0.1, 0.15) is 49.8 Å². The number of aromatic amines is 1. The molecule has 0 spiro atoms. The SMILES string of the molecule is CCCCc1nc(Cl)c(CN[C@@H](C)c2ccccc2)[nH]1. The Bertz CT molecular complexity index is 522. The van der Waals surface area contributed by atoms with Crippen molar-refractivity contribution in [3.8, 4) is 0 Å². The maximum atomic E-state index is 6.17. The van der Waals surface area contributed by atoms with E-state index in [1.807, 2.05) is 6.07 Å². The molecule has 0 saturated heterocycles. The molecule has 20 heavy (non-hydrogen) atoms. The highest BCUT2D eigenvalue weighted by atomic mass is 35.5. The molecule has 0 aliphatic rings. The second-order valence-electron chi connectivity index (χ2n) is 5.07. The Morgan fingerprint density at radius 2 is 2.05 bits per heavy atom. The molecule has 1 heterocycles. The van der Waals surface area contributed by atoms with Crippen LogP contribution in [0, 0.1) is 0 Å². The molecule has 1 atom stereocenters. The minimum absolute atomic E-state index is 0.287. The Balaban J connectivity index is 1.92. The van der Waals surface area contributed by atoms with Crippen molar-refractivity contribution < 1.29 is 0 Å². The van der Waals surface area contributed by atoms with E-state index in [4.69, 9.17) is 11.6 Å². The summed E-state index contributed by atoms with van der Waals surface area (Å²) in [4.78, 5) is 7.69. The van der Waals surface area contributed by atoms with Crippen LogP contribution in [0.2, 0.25) is 5.15 Å². The molecular formula is C16H22ClN3. The standard InChI is InChI=1S/C16H22ClN3/c1-3-4-10-15-19-14(16(17)20-15)11-18-12(2)13-8-6-5-7-9-13/h5-9,12,18H,3-4,10-11H2,1-2H3,(H,19,20)/t12-/m0/s1. The van der Waals surface area contributed by atoms with Gasteiger partial charge in [0, 0.05) is 19.0 Å². The highest BCUT2D eigenvalue weighted by Crippen LogP contribution is 2.16. The molecule has 108 valence electrons. The number of aryl methyl sites for hydroxylation is 1. The van der Waals surface area contributed by atoms with Crippen molar-refractivity contribution in [3.63, 3.8) is 0 Å². The van der Waals surface area contributed by atoms with Crippen molar-refractivity contribution in [2.75, 3.05) is 0 Å². The number of hydrogen-bond acceptors (Lipinski definition) is 2. The summed E-state index contributed by atoms with van der Waals surface area (Å²) < 4.78 is 0.